The highest BCUT2D eigenvalue weighted by molar-refractivity contribution is 6.03. The number of rotatable bonds is 4. The maximum atomic E-state index is 11.6. The van der Waals surface area contributed by atoms with Crippen LogP contribution in [0.2, 0.25) is 0 Å². The smallest absolute Gasteiger partial charge is 0.333 e. The van der Waals surface area contributed by atoms with Crippen LogP contribution in [0, 0.1) is 0 Å². The van der Waals surface area contributed by atoms with Crippen LogP contribution in [0.3, 0.4) is 0 Å². The Morgan fingerprint density at radius 2 is 1.87 bits per heavy atom. The van der Waals surface area contributed by atoms with E-state index in [2.05, 4.69) is 11.3 Å². The molecule has 0 aromatic heterocycles. The third-order valence-corrected chi connectivity index (χ3v) is 1.94. The first kappa shape index (κ1) is 11.2. The van der Waals surface area contributed by atoms with Gasteiger partial charge in [0.1, 0.15) is 0 Å². The molecule has 0 unspecified atom stereocenters. The lowest BCUT2D eigenvalue weighted by Crippen LogP contribution is -2.09. The number of methoxy groups -OCH3 is 1. The third kappa shape index (κ3) is 3.06. The Morgan fingerprint density at radius 1 is 1.27 bits per heavy atom. The van der Waals surface area contributed by atoms with E-state index in [1.54, 1.807) is 24.3 Å². The topological polar surface area (TPSA) is 43.4 Å². The van der Waals surface area contributed by atoms with E-state index in [0.717, 1.165) is 0 Å². The van der Waals surface area contributed by atoms with Gasteiger partial charge in [-0.25, -0.2) is 4.79 Å². The van der Waals surface area contributed by atoms with Crippen molar-refractivity contribution in [1.29, 1.82) is 0 Å². The van der Waals surface area contributed by atoms with Crippen LogP contribution in [-0.2, 0) is 9.53 Å². The maximum Gasteiger partial charge on any atom is 0.333 e. The summed E-state index contributed by atoms with van der Waals surface area (Å²) in [5, 5.41) is 0. The molecule has 0 spiro atoms. The van der Waals surface area contributed by atoms with Gasteiger partial charge in [-0.2, -0.15) is 0 Å². The summed E-state index contributed by atoms with van der Waals surface area (Å²) in [6, 6.07) is 8.77. The molecule has 0 saturated heterocycles. The SMILES string of the molecule is C=C(CC(=O)c1ccccc1)C(=O)OC. The number of carbonyl (C=O) groups excluding carboxylic acids is 2. The standard InChI is InChI=1S/C12H12O3/c1-9(12(14)15-2)8-11(13)10-6-4-3-5-7-10/h3-7H,1,8H2,2H3. The molecule has 0 heterocycles. The van der Waals surface area contributed by atoms with E-state index in [-0.39, 0.29) is 17.8 Å². The van der Waals surface area contributed by atoms with Crippen LogP contribution >= 0.6 is 0 Å². The van der Waals surface area contributed by atoms with E-state index < -0.39 is 5.97 Å². The molecule has 1 aromatic rings. The summed E-state index contributed by atoms with van der Waals surface area (Å²) < 4.78 is 4.46. The third-order valence-electron chi connectivity index (χ3n) is 1.94. The number of esters is 1. The lowest BCUT2D eigenvalue weighted by atomic mass is 10.0. The molecule has 0 radical (unpaired) electrons. The summed E-state index contributed by atoms with van der Waals surface area (Å²) in [5.41, 5.74) is 0.744. The Labute approximate surface area is 88.4 Å². The van der Waals surface area contributed by atoms with Gasteiger partial charge in [-0.3, -0.25) is 4.79 Å². The van der Waals surface area contributed by atoms with E-state index in [0.29, 0.717) is 5.56 Å². The highest BCUT2D eigenvalue weighted by Gasteiger charge is 2.12. The predicted octanol–water partition coefficient (Wildman–Crippen LogP) is 1.99. The number of ether oxygens (including phenoxy) is 1. The van der Waals surface area contributed by atoms with Gasteiger partial charge in [-0.1, -0.05) is 36.9 Å². The minimum Gasteiger partial charge on any atom is -0.466 e. The Morgan fingerprint density at radius 3 is 2.40 bits per heavy atom. The molecule has 1 aromatic carbocycles. The van der Waals surface area contributed by atoms with Crippen molar-refractivity contribution >= 4 is 11.8 Å². The molecule has 0 aliphatic carbocycles. The number of carbonyl (C=O) groups is 2. The first-order chi connectivity index (χ1) is 7.15. The molecule has 15 heavy (non-hydrogen) atoms. The zero-order valence-electron chi connectivity index (χ0n) is 8.53. The zero-order chi connectivity index (χ0) is 11.3. The van der Waals surface area contributed by atoms with Gasteiger partial charge in [0.15, 0.2) is 5.78 Å². The monoisotopic (exact) mass is 204 g/mol. The summed E-state index contributed by atoms with van der Waals surface area (Å²) >= 11 is 0. The molecular weight excluding hydrogens is 192 g/mol. The summed E-state index contributed by atoms with van der Waals surface area (Å²) in [6.45, 7) is 3.50. The molecule has 0 amide bonds. The van der Waals surface area contributed by atoms with Gasteiger partial charge in [0, 0.05) is 17.6 Å². The fourth-order valence-corrected chi connectivity index (χ4v) is 1.14. The van der Waals surface area contributed by atoms with Crippen molar-refractivity contribution in [2.75, 3.05) is 7.11 Å². The minimum atomic E-state index is -0.542. The van der Waals surface area contributed by atoms with E-state index in [1.807, 2.05) is 6.07 Å². The van der Waals surface area contributed by atoms with Crippen LogP contribution in [0.15, 0.2) is 42.5 Å². The molecule has 3 heteroatoms. The van der Waals surface area contributed by atoms with E-state index >= 15 is 0 Å². The van der Waals surface area contributed by atoms with Gasteiger partial charge in [0.25, 0.3) is 0 Å². The highest BCUT2D eigenvalue weighted by Crippen LogP contribution is 2.08. The Kier molecular flexibility index (Phi) is 3.80. The number of benzene rings is 1. The van der Waals surface area contributed by atoms with Gasteiger partial charge in [0.2, 0.25) is 0 Å². The normalized spacial score (nSPS) is 9.40. The Balaban J connectivity index is 2.65. The van der Waals surface area contributed by atoms with Crippen molar-refractivity contribution in [3.05, 3.63) is 48.0 Å². The quantitative estimate of drug-likeness (QED) is 0.428. The van der Waals surface area contributed by atoms with Crippen LogP contribution in [0.4, 0.5) is 0 Å². The molecule has 0 aliphatic heterocycles. The number of Topliss-reactive ketones (excluding diaryl/α,β-unsaturated/α-hetero) is 1. The van der Waals surface area contributed by atoms with E-state index in [4.69, 9.17) is 0 Å². The van der Waals surface area contributed by atoms with Gasteiger partial charge in [-0.15, -0.1) is 0 Å². The minimum absolute atomic E-state index is 0.00329. The zero-order valence-corrected chi connectivity index (χ0v) is 8.53. The van der Waals surface area contributed by atoms with Gasteiger partial charge >= 0.3 is 5.97 Å². The molecule has 0 bridgehead atoms. The second-order valence-corrected chi connectivity index (χ2v) is 3.06. The molecule has 1 rings (SSSR count). The lowest BCUT2D eigenvalue weighted by molar-refractivity contribution is -0.136. The van der Waals surface area contributed by atoms with E-state index in [1.165, 1.54) is 7.11 Å². The van der Waals surface area contributed by atoms with E-state index in [9.17, 15) is 9.59 Å². The molecule has 0 fully saturated rings. The van der Waals surface area contributed by atoms with Crippen molar-refractivity contribution in [2.24, 2.45) is 0 Å². The predicted molar refractivity (Wildman–Crippen MR) is 56.5 cm³/mol. The summed E-state index contributed by atoms with van der Waals surface area (Å²) in [4.78, 5) is 22.6. The van der Waals surface area contributed by atoms with Crippen molar-refractivity contribution in [1.82, 2.24) is 0 Å². The fourth-order valence-electron chi connectivity index (χ4n) is 1.14. The van der Waals surface area contributed by atoms with Gasteiger partial charge in [0.05, 0.1) is 7.11 Å². The fraction of sp³-hybridized carbons (Fsp3) is 0.167. The van der Waals surface area contributed by atoms with Crippen LogP contribution < -0.4 is 0 Å². The molecule has 3 nitrogen and oxygen atoms in total. The molecule has 0 atom stereocenters. The van der Waals surface area contributed by atoms with Crippen LogP contribution in [0.1, 0.15) is 16.8 Å². The Hall–Kier alpha value is -1.90. The van der Waals surface area contributed by atoms with Crippen molar-refractivity contribution in [2.45, 2.75) is 6.42 Å². The van der Waals surface area contributed by atoms with Gasteiger partial charge in [-0.05, 0) is 0 Å². The summed E-state index contributed by atoms with van der Waals surface area (Å²) in [7, 11) is 1.26. The second-order valence-electron chi connectivity index (χ2n) is 3.06. The van der Waals surface area contributed by atoms with Crippen molar-refractivity contribution in [3.63, 3.8) is 0 Å². The molecule has 78 valence electrons. The average molecular weight is 204 g/mol. The van der Waals surface area contributed by atoms with Crippen molar-refractivity contribution < 1.29 is 14.3 Å². The van der Waals surface area contributed by atoms with Gasteiger partial charge < -0.3 is 4.74 Å². The summed E-state index contributed by atoms with van der Waals surface area (Å²) in [6.07, 6.45) is -0.00329. The van der Waals surface area contributed by atoms with Crippen LogP contribution in [0.5, 0.6) is 0 Å². The first-order valence-corrected chi connectivity index (χ1v) is 4.49. The first-order valence-electron chi connectivity index (χ1n) is 4.49. The number of hydrogen-bond donors (Lipinski definition) is 0. The maximum absolute atomic E-state index is 11.6. The average Bonchev–Trinajstić information content (AvgIpc) is 2.29. The number of hydrogen-bond acceptors (Lipinski definition) is 3. The second kappa shape index (κ2) is 5.10. The summed E-state index contributed by atoms with van der Waals surface area (Å²) in [5.74, 6) is -0.676. The molecule has 0 N–H and O–H groups in total. The largest absolute Gasteiger partial charge is 0.466 e. The molecule has 0 saturated carbocycles. The van der Waals surface area contributed by atoms with Crippen LogP contribution in [-0.4, -0.2) is 18.9 Å². The number of ketones is 1. The highest BCUT2D eigenvalue weighted by atomic mass is 16.5. The van der Waals surface area contributed by atoms with Crippen LogP contribution in [0.25, 0.3) is 0 Å². The van der Waals surface area contributed by atoms with Crippen molar-refractivity contribution in [3.8, 4) is 0 Å². The lowest BCUT2D eigenvalue weighted by Gasteiger charge is -2.02. The Bertz CT molecular complexity index is 379. The molecular formula is C12H12O3. The molecule has 0 aliphatic rings.